The predicted molar refractivity (Wildman–Crippen MR) is 100 cm³/mol. The number of nitrogens with one attached hydrogen (secondary N) is 1. The Labute approximate surface area is 147 Å². The second kappa shape index (κ2) is 6.93. The molecule has 0 fully saturated rings. The van der Waals surface area contributed by atoms with E-state index in [2.05, 4.69) is 4.98 Å². The third kappa shape index (κ3) is 3.97. The van der Waals surface area contributed by atoms with Crippen molar-refractivity contribution in [1.82, 2.24) is 9.88 Å². The molecule has 128 valence electrons. The van der Waals surface area contributed by atoms with Crippen molar-refractivity contribution in [3.8, 4) is 0 Å². The SMILES string of the molecule is CC(=O)N(Cc1ccc(C)cc1)Cc1cc2ccc(C)cc2[nH]c1=O. The van der Waals surface area contributed by atoms with Crippen LogP contribution < -0.4 is 5.56 Å². The fourth-order valence-electron chi connectivity index (χ4n) is 2.88. The molecule has 4 heteroatoms. The highest BCUT2D eigenvalue weighted by atomic mass is 16.2. The Morgan fingerprint density at radius 3 is 2.32 bits per heavy atom. The lowest BCUT2D eigenvalue weighted by Gasteiger charge is -2.21. The monoisotopic (exact) mass is 334 g/mol. The fourth-order valence-corrected chi connectivity index (χ4v) is 2.88. The lowest BCUT2D eigenvalue weighted by atomic mass is 10.1. The van der Waals surface area contributed by atoms with Gasteiger partial charge in [-0.15, -0.1) is 0 Å². The van der Waals surface area contributed by atoms with Crippen LogP contribution in [0.1, 0.15) is 29.2 Å². The number of fused-ring (bicyclic) bond motifs is 1. The van der Waals surface area contributed by atoms with Crippen LogP contribution in [0.2, 0.25) is 0 Å². The molecule has 0 spiro atoms. The van der Waals surface area contributed by atoms with Crippen LogP contribution in [-0.2, 0) is 17.9 Å². The number of aromatic amines is 1. The van der Waals surface area contributed by atoms with Gasteiger partial charge in [-0.1, -0.05) is 42.0 Å². The van der Waals surface area contributed by atoms with Crippen molar-refractivity contribution < 1.29 is 4.79 Å². The van der Waals surface area contributed by atoms with E-state index in [1.54, 1.807) is 4.90 Å². The molecular formula is C21H22N2O2. The molecule has 1 aromatic heterocycles. The van der Waals surface area contributed by atoms with E-state index in [4.69, 9.17) is 0 Å². The average molecular weight is 334 g/mol. The fraction of sp³-hybridized carbons (Fsp3) is 0.238. The highest BCUT2D eigenvalue weighted by Crippen LogP contribution is 2.15. The van der Waals surface area contributed by atoms with E-state index in [9.17, 15) is 9.59 Å². The summed E-state index contributed by atoms with van der Waals surface area (Å²) in [4.78, 5) is 29.1. The summed E-state index contributed by atoms with van der Waals surface area (Å²) in [5.74, 6) is -0.0519. The Hall–Kier alpha value is -2.88. The third-order valence-corrected chi connectivity index (χ3v) is 4.38. The summed E-state index contributed by atoms with van der Waals surface area (Å²) in [6, 6.07) is 15.9. The first-order chi connectivity index (χ1) is 11.9. The predicted octanol–water partition coefficient (Wildman–Crippen LogP) is 3.69. The molecule has 0 unspecified atom stereocenters. The second-order valence-corrected chi connectivity index (χ2v) is 6.58. The maximum Gasteiger partial charge on any atom is 0.253 e. The van der Waals surface area contributed by atoms with Gasteiger partial charge in [-0.3, -0.25) is 9.59 Å². The number of aromatic nitrogens is 1. The van der Waals surface area contributed by atoms with E-state index in [0.29, 0.717) is 18.7 Å². The number of hydrogen-bond acceptors (Lipinski definition) is 2. The summed E-state index contributed by atoms with van der Waals surface area (Å²) in [6.45, 7) is 6.34. The molecule has 25 heavy (non-hydrogen) atoms. The summed E-state index contributed by atoms with van der Waals surface area (Å²) in [5.41, 5.74) is 4.60. The third-order valence-electron chi connectivity index (χ3n) is 4.38. The van der Waals surface area contributed by atoms with Gasteiger partial charge in [0.2, 0.25) is 5.91 Å². The van der Waals surface area contributed by atoms with Crippen LogP contribution in [-0.4, -0.2) is 15.8 Å². The number of H-pyrrole nitrogens is 1. The van der Waals surface area contributed by atoms with Crippen molar-refractivity contribution in [2.45, 2.75) is 33.9 Å². The standard InChI is InChI=1S/C21H22N2O2/c1-14-4-7-17(8-5-14)12-23(16(3)24)13-19-11-18-9-6-15(2)10-20(18)22-21(19)25/h4-11H,12-13H2,1-3H3,(H,22,25). The minimum Gasteiger partial charge on any atom is -0.334 e. The van der Waals surface area contributed by atoms with Crippen molar-refractivity contribution in [2.75, 3.05) is 0 Å². The Morgan fingerprint density at radius 1 is 0.960 bits per heavy atom. The van der Waals surface area contributed by atoms with E-state index >= 15 is 0 Å². The van der Waals surface area contributed by atoms with Crippen LogP contribution >= 0.6 is 0 Å². The number of amides is 1. The van der Waals surface area contributed by atoms with Crippen molar-refractivity contribution in [3.63, 3.8) is 0 Å². The lowest BCUT2D eigenvalue weighted by Crippen LogP contribution is -2.30. The minimum atomic E-state index is -0.145. The van der Waals surface area contributed by atoms with Crippen molar-refractivity contribution in [2.24, 2.45) is 0 Å². The molecule has 0 radical (unpaired) electrons. The molecule has 2 aromatic carbocycles. The van der Waals surface area contributed by atoms with Crippen LogP contribution in [0.5, 0.6) is 0 Å². The van der Waals surface area contributed by atoms with Crippen LogP contribution in [0.15, 0.2) is 53.3 Å². The molecule has 0 aliphatic carbocycles. The molecule has 1 N–H and O–H groups in total. The van der Waals surface area contributed by atoms with E-state index in [0.717, 1.165) is 22.0 Å². The highest BCUT2D eigenvalue weighted by molar-refractivity contribution is 5.80. The molecule has 1 amide bonds. The number of rotatable bonds is 4. The lowest BCUT2D eigenvalue weighted by molar-refractivity contribution is -0.130. The van der Waals surface area contributed by atoms with Gasteiger partial charge < -0.3 is 9.88 Å². The first-order valence-electron chi connectivity index (χ1n) is 8.36. The summed E-state index contributed by atoms with van der Waals surface area (Å²) >= 11 is 0. The smallest absolute Gasteiger partial charge is 0.253 e. The first-order valence-corrected chi connectivity index (χ1v) is 8.36. The van der Waals surface area contributed by atoms with Crippen LogP contribution in [0.3, 0.4) is 0 Å². The van der Waals surface area contributed by atoms with Gasteiger partial charge in [-0.25, -0.2) is 0 Å². The Morgan fingerprint density at radius 2 is 1.64 bits per heavy atom. The van der Waals surface area contributed by atoms with Gasteiger partial charge in [0.15, 0.2) is 0 Å². The topological polar surface area (TPSA) is 53.2 Å². The summed E-state index contributed by atoms with van der Waals surface area (Å²) in [5, 5.41) is 0.971. The highest BCUT2D eigenvalue weighted by Gasteiger charge is 2.13. The number of hydrogen-bond donors (Lipinski definition) is 1. The molecule has 0 aliphatic heterocycles. The zero-order valence-electron chi connectivity index (χ0n) is 14.8. The van der Waals surface area contributed by atoms with E-state index in [-0.39, 0.29) is 11.5 Å². The molecule has 3 aromatic rings. The number of pyridine rings is 1. The number of aryl methyl sites for hydroxylation is 2. The first kappa shape index (κ1) is 17.0. The maximum absolute atomic E-state index is 12.4. The van der Waals surface area contributed by atoms with E-state index in [1.807, 2.05) is 62.4 Å². The molecular weight excluding hydrogens is 312 g/mol. The quantitative estimate of drug-likeness (QED) is 0.791. The van der Waals surface area contributed by atoms with Gasteiger partial charge >= 0.3 is 0 Å². The molecule has 1 heterocycles. The summed E-state index contributed by atoms with van der Waals surface area (Å²) in [6.07, 6.45) is 0. The zero-order chi connectivity index (χ0) is 18.0. The van der Waals surface area contributed by atoms with E-state index < -0.39 is 0 Å². The molecule has 3 rings (SSSR count). The largest absolute Gasteiger partial charge is 0.334 e. The van der Waals surface area contributed by atoms with Gasteiger partial charge in [-0.2, -0.15) is 0 Å². The van der Waals surface area contributed by atoms with Crippen molar-refractivity contribution in [1.29, 1.82) is 0 Å². The van der Waals surface area contributed by atoms with Crippen LogP contribution in [0.4, 0.5) is 0 Å². The Kier molecular flexibility index (Phi) is 4.70. The van der Waals surface area contributed by atoms with Gasteiger partial charge in [0.1, 0.15) is 0 Å². The Balaban J connectivity index is 1.89. The average Bonchev–Trinajstić information content (AvgIpc) is 2.56. The van der Waals surface area contributed by atoms with Gasteiger partial charge in [0.25, 0.3) is 5.56 Å². The molecule has 4 nitrogen and oxygen atoms in total. The molecule has 0 saturated carbocycles. The molecule has 0 aliphatic rings. The maximum atomic E-state index is 12.4. The molecule has 0 bridgehead atoms. The van der Waals surface area contributed by atoms with E-state index in [1.165, 1.54) is 12.5 Å². The van der Waals surface area contributed by atoms with Gasteiger partial charge in [0.05, 0.1) is 6.54 Å². The summed E-state index contributed by atoms with van der Waals surface area (Å²) < 4.78 is 0. The number of carbonyl (C=O) groups is 1. The number of benzene rings is 2. The van der Waals surface area contributed by atoms with Crippen LogP contribution in [0, 0.1) is 13.8 Å². The Bertz CT molecular complexity index is 971. The van der Waals surface area contributed by atoms with Gasteiger partial charge in [0, 0.05) is 24.5 Å². The number of carbonyl (C=O) groups excluding carboxylic acids is 1. The second-order valence-electron chi connectivity index (χ2n) is 6.58. The van der Waals surface area contributed by atoms with Crippen molar-refractivity contribution in [3.05, 3.63) is 81.1 Å². The number of nitrogens with zero attached hydrogens (tertiary/aromatic N) is 1. The normalized spacial score (nSPS) is 10.8. The van der Waals surface area contributed by atoms with Crippen LogP contribution in [0.25, 0.3) is 10.9 Å². The molecule has 0 atom stereocenters. The minimum absolute atomic E-state index is 0.0519. The molecule has 0 saturated heterocycles. The van der Waals surface area contributed by atoms with Crippen molar-refractivity contribution >= 4 is 16.8 Å². The summed E-state index contributed by atoms with van der Waals surface area (Å²) in [7, 11) is 0. The zero-order valence-corrected chi connectivity index (χ0v) is 14.8. The van der Waals surface area contributed by atoms with Gasteiger partial charge in [-0.05, 0) is 42.5 Å².